The number of hydrogen-bond donors (Lipinski definition) is 1. The predicted octanol–water partition coefficient (Wildman–Crippen LogP) is 2.90. The van der Waals surface area contributed by atoms with Crippen molar-refractivity contribution < 1.29 is 38.1 Å². The third-order valence-electron chi connectivity index (χ3n) is 3.67. The third-order valence-corrected chi connectivity index (χ3v) is 3.67. The maximum atomic E-state index is 12.5. The van der Waals surface area contributed by atoms with E-state index >= 15 is 0 Å². The second-order valence-corrected chi connectivity index (χ2v) is 6.22. The van der Waals surface area contributed by atoms with Gasteiger partial charge in [-0.3, -0.25) is 14.4 Å². The summed E-state index contributed by atoms with van der Waals surface area (Å²) in [6.45, 7) is 2.34. The van der Waals surface area contributed by atoms with Crippen LogP contribution in [0, 0.1) is 0 Å². The maximum absolute atomic E-state index is 12.5. The average Bonchev–Trinajstić information content (AvgIpc) is 2.68. The van der Waals surface area contributed by atoms with E-state index in [0.717, 1.165) is 18.1 Å². The summed E-state index contributed by atoms with van der Waals surface area (Å²) in [5.74, 6) is -2.38. The molecular formula is C22H23FO7. The molecule has 2 aromatic carbocycles. The number of carboxylic acid groups (broad SMARTS) is 1. The molecule has 30 heavy (non-hydrogen) atoms. The molecule has 0 bridgehead atoms. The first-order valence-corrected chi connectivity index (χ1v) is 9.03. The Morgan fingerprint density at radius 2 is 1.13 bits per heavy atom. The molecule has 7 nitrogen and oxygen atoms in total. The van der Waals surface area contributed by atoms with Gasteiger partial charge in [0.2, 0.25) is 6.10 Å². The van der Waals surface area contributed by atoms with Crippen molar-refractivity contribution in [3.05, 3.63) is 71.8 Å². The van der Waals surface area contributed by atoms with E-state index in [1.54, 1.807) is 36.4 Å². The monoisotopic (exact) mass is 418 g/mol. The Kier molecular flexibility index (Phi) is 10.5. The average molecular weight is 418 g/mol. The van der Waals surface area contributed by atoms with Gasteiger partial charge in [0.1, 0.15) is 0 Å². The highest BCUT2D eigenvalue weighted by molar-refractivity contribution is 5.78. The van der Waals surface area contributed by atoms with Gasteiger partial charge >= 0.3 is 23.9 Å². The van der Waals surface area contributed by atoms with Gasteiger partial charge in [-0.15, -0.1) is 0 Å². The zero-order chi connectivity index (χ0) is 22.5. The normalized spacial score (nSPS) is 11.8. The van der Waals surface area contributed by atoms with Crippen LogP contribution in [0.25, 0.3) is 0 Å². The maximum Gasteiger partial charge on any atom is 0.345 e. The summed E-state index contributed by atoms with van der Waals surface area (Å²) in [7, 11) is 0. The minimum absolute atomic E-state index is 0.0652. The van der Waals surface area contributed by atoms with E-state index in [9.17, 15) is 23.6 Å². The zero-order valence-corrected chi connectivity index (χ0v) is 16.6. The molecule has 0 amide bonds. The van der Waals surface area contributed by atoms with Crippen molar-refractivity contribution in [3.63, 3.8) is 0 Å². The van der Waals surface area contributed by atoms with E-state index in [4.69, 9.17) is 5.11 Å². The van der Waals surface area contributed by atoms with E-state index in [2.05, 4.69) is 9.47 Å². The molecule has 0 spiro atoms. The highest BCUT2D eigenvalue weighted by Crippen LogP contribution is 2.08. The van der Waals surface area contributed by atoms with Gasteiger partial charge in [0, 0.05) is 26.7 Å². The highest BCUT2D eigenvalue weighted by Gasteiger charge is 2.22. The number of carboxylic acids is 1. The van der Waals surface area contributed by atoms with E-state index in [0.29, 0.717) is 0 Å². The van der Waals surface area contributed by atoms with Crippen LogP contribution in [0.4, 0.5) is 4.39 Å². The topological polar surface area (TPSA) is 107 Å². The molecule has 0 aliphatic heterocycles. The van der Waals surface area contributed by atoms with Gasteiger partial charge in [0.25, 0.3) is 0 Å². The molecule has 160 valence electrons. The lowest BCUT2D eigenvalue weighted by Crippen LogP contribution is -2.28. The number of carbonyl (C=O) groups excluding carboxylic acids is 3. The second-order valence-electron chi connectivity index (χ2n) is 6.22. The molecule has 2 aromatic rings. The first kappa shape index (κ1) is 24.5. The Hall–Kier alpha value is -3.55. The lowest BCUT2D eigenvalue weighted by Gasteiger charge is -2.12. The number of rotatable bonds is 8. The van der Waals surface area contributed by atoms with Gasteiger partial charge in [0.05, 0.1) is 0 Å². The van der Waals surface area contributed by atoms with Crippen molar-refractivity contribution in [1.82, 2.24) is 0 Å². The summed E-state index contributed by atoms with van der Waals surface area (Å²) >= 11 is 0. The van der Waals surface area contributed by atoms with Crippen LogP contribution in [0.2, 0.25) is 0 Å². The lowest BCUT2D eigenvalue weighted by atomic mass is 10.1. The van der Waals surface area contributed by atoms with Crippen LogP contribution in [-0.4, -0.2) is 41.3 Å². The standard InChI is InChI=1S/C11H11FO3.C11H12O4/c1-8(13)15-10(11(12)14)7-9-5-3-2-4-6-9;1-8(12)15-10(11(13)14)7-9-5-3-2-4-6-9/h2-6,10H,7H2,1H3;2-6,10H,7H2,1H3,(H,13,14)/t2*10-/m11/s1. The third kappa shape index (κ3) is 10.1. The van der Waals surface area contributed by atoms with Crippen molar-refractivity contribution in [2.45, 2.75) is 38.9 Å². The Morgan fingerprint density at radius 1 is 0.767 bits per heavy atom. The summed E-state index contributed by atoms with van der Waals surface area (Å²) in [6, 6.07) is 16.2. The molecule has 0 heterocycles. The minimum Gasteiger partial charge on any atom is -0.478 e. The number of halogens is 1. The number of carbonyl (C=O) groups is 4. The van der Waals surface area contributed by atoms with E-state index in [-0.39, 0.29) is 12.8 Å². The quantitative estimate of drug-likeness (QED) is 0.519. The number of benzene rings is 2. The fourth-order valence-electron chi connectivity index (χ4n) is 2.40. The highest BCUT2D eigenvalue weighted by atomic mass is 19.1. The summed E-state index contributed by atoms with van der Waals surface area (Å²) in [6.07, 6.45) is -2.18. The van der Waals surface area contributed by atoms with Gasteiger partial charge in [0.15, 0.2) is 6.10 Å². The predicted molar refractivity (Wildman–Crippen MR) is 105 cm³/mol. The van der Waals surface area contributed by atoms with Gasteiger partial charge in [-0.2, -0.15) is 4.39 Å². The first-order valence-electron chi connectivity index (χ1n) is 9.03. The van der Waals surface area contributed by atoms with Crippen LogP contribution in [0.5, 0.6) is 0 Å². The van der Waals surface area contributed by atoms with E-state index in [1.165, 1.54) is 6.92 Å². The molecule has 2 rings (SSSR count). The van der Waals surface area contributed by atoms with Crippen molar-refractivity contribution in [1.29, 1.82) is 0 Å². The molecule has 0 radical (unpaired) electrons. The Labute approximate surface area is 173 Å². The molecule has 0 unspecified atom stereocenters. The molecule has 0 saturated carbocycles. The summed E-state index contributed by atoms with van der Waals surface area (Å²) in [4.78, 5) is 42.6. The van der Waals surface area contributed by atoms with Gasteiger partial charge in [-0.1, -0.05) is 60.7 Å². The Morgan fingerprint density at radius 3 is 1.47 bits per heavy atom. The van der Waals surface area contributed by atoms with Crippen molar-refractivity contribution in [2.24, 2.45) is 0 Å². The molecule has 0 aliphatic carbocycles. The zero-order valence-electron chi connectivity index (χ0n) is 16.6. The summed E-state index contributed by atoms with van der Waals surface area (Å²) in [5.41, 5.74) is 1.57. The number of hydrogen-bond acceptors (Lipinski definition) is 6. The molecule has 2 atom stereocenters. The molecule has 0 aliphatic rings. The van der Waals surface area contributed by atoms with Crippen LogP contribution >= 0.6 is 0 Å². The van der Waals surface area contributed by atoms with Crippen LogP contribution < -0.4 is 0 Å². The summed E-state index contributed by atoms with van der Waals surface area (Å²) in [5, 5.41) is 8.81. The molecule has 0 fully saturated rings. The van der Waals surface area contributed by atoms with Crippen LogP contribution in [-0.2, 0) is 41.5 Å². The largest absolute Gasteiger partial charge is 0.478 e. The smallest absolute Gasteiger partial charge is 0.345 e. The Bertz CT molecular complexity index is 766. The van der Waals surface area contributed by atoms with Crippen molar-refractivity contribution in [2.75, 3.05) is 0 Å². The second kappa shape index (κ2) is 12.8. The first-order chi connectivity index (χ1) is 14.2. The van der Waals surface area contributed by atoms with Gasteiger partial charge < -0.3 is 14.6 Å². The fraction of sp³-hybridized carbons (Fsp3) is 0.273. The molecule has 8 heteroatoms. The Balaban J connectivity index is 0.000000300. The lowest BCUT2D eigenvalue weighted by molar-refractivity contribution is -0.162. The SMILES string of the molecule is CC(=O)O[C@H](Cc1ccccc1)C(=O)F.CC(=O)O[C@H](Cc1ccccc1)C(=O)O. The van der Waals surface area contributed by atoms with E-state index in [1.807, 2.05) is 24.3 Å². The molecule has 0 aromatic heterocycles. The molecule has 0 saturated heterocycles. The number of ether oxygens (including phenoxy) is 2. The van der Waals surface area contributed by atoms with Crippen LogP contribution in [0.15, 0.2) is 60.7 Å². The van der Waals surface area contributed by atoms with Crippen LogP contribution in [0.1, 0.15) is 25.0 Å². The van der Waals surface area contributed by atoms with Crippen LogP contribution in [0.3, 0.4) is 0 Å². The summed E-state index contributed by atoms with van der Waals surface area (Å²) < 4.78 is 21.7. The molecular weight excluding hydrogens is 395 g/mol. The van der Waals surface area contributed by atoms with Gasteiger partial charge in [-0.05, 0) is 11.1 Å². The minimum atomic E-state index is -1.63. The number of aliphatic carboxylic acids is 1. The molecule has 1 N–H and O–H groups in total. The van der Waals surface area contributed by atoms with Crippen molar-refractivity contribution in [3.8, 4) is 0 Å². The van der Waals surface area contributed by atoms with Crippen molar-refractivity contribution >= 4 is 23.9 Å². The number of esters is 2. The van der Waals surface area contributed by atoms with Gasteiger partial charge in [-0.25, -0.2) is 4.79 Å². The van der Waals surface area contributed by atoms with E-state index < -0.39 is 36.2 Å². The fourth-order valence-corrected chi connectivity index (χ4v) is 2.40.